The van der Waals surface area contributed by atoms with Crippen LogP contribution in [0, 0.1) is 0 Å². The van der Waals surface area contributed by atoms with Gasteiger partial charge in [-0.05, 0) is 31.2 Å². The normalized spacial score (nSPS) is 11.8. The highest BCUT2D eigenvalue weighted by Gasteiger charge is 2.14. The number of nitrogens with one attached hydrogen (secondary N) is 1. The Bertz CT molecular complexity index is 720. The van der Waals surface area contributed by atoms with Crippen LogP contribution in [-0.4, -0.2) is 15.0 Å². The molecule has 0 saturated carbocycles. The minimum atomic E-state index is -3.72. The SMILES string of the molecule is CCONS(=O)(=O)c1ccc2oc(=O)ccc2c1. The van der Waals surface area contributed by atoms with Gasteiger partial charge in [-0.3, -0.25) is 4.84 Å². The molecule has 0 amide bonds. The Labute approximate surface area is 103 Å². The molecule has 1 aromatic carbocycles. The molecule has 0 aliphatic heterocycles. The summed E-state index contributed by atoms with van der Waals surface area (Å²) in [5.74, 6) is 0. The molecule has 7 heteroatoms. The van der Waals surface area contributed by atoms with Gasteiger partial charge in [-0.25, -0.2) is 13.2 Å². The maximum atomic E-state index is 11.8. The van der Waals surface area contributed by atoms with Crippen LogP contribution in [0.3, 0.4) is 0 Å². The lowest BCUT2D eigenvalue weighted by Gasteiger charge is -2.06. The van der Waals surface area contributed by atoms with Gasteiger partial charge < -0.3 is 4.42 Å². The third-order valence-electron chi connectivity index (χ3n) is 2.21. The van der Waals surface area contributed by atoms with E-state index >= 15 is 0 Å². The molecule has 1 heterocycles. The lowest BCUT2D eigenvalue weighted by molar-refractivity contribution is 0.105. The monoisotopic (exact) mass is 269 g/mol. The quantitative estimate of drug-likeness (QED) is 0.661. The molecule has 0 bridgehead atoms. The highest BCUT2D eigenvalue weighted by Crippen LogP contribution is 2.17. The molecular weight excluding hydrogens is 258 g/mol. The summed E-state index contributed by atoms with van der Waals surface area (Å²) >= 11 is 0. The molecule has 1 aromatic heterocycles. The van der Waals surface area contributed by atoms with Gasteiger partial charge >= 0.3 is 5.63 Å². The van der Waals surface area contributed by atoms with Gasteiger partial charge in [-0.2, -0.15) is 0 Å². The molecule has 0 atom stereocenters. The van der Waals surface area contributed by atoms with Gasteiger partial charge in [-0.15, -0.1) is 0 Å². The van der Waals surface area contributed by atoms with Gasteiger partial charge in [0.15, 0.2) is 0 Å². The molecule has 0 spiro atoms. The predicted molar refractivity (Wildman–Crippen MR) is 64.4 cm³/mol. The minimum absolute atomic E-state index is 0.0392. The number of hydrogen-bond acceptors (Lipinski definition) is 5. The van der Waals surface area contributed by atoms with Gasteiger partial charge in [-0.1, -0.05) is 4.89 Å². The summed E-state index contributed by atoms with van der Waals surface area (Å²) < 4.78 is 28.5. The first kappa shape index (κ1) is 12.7. The molecule has 0 aliphatic carbocycles. The minimum Gasteiger partial charge on any atom is -0.423 e. The Morgan fingerprint density at radius 2 is 2.06 bits per heavy atom. The van der Waals surface area contributed by atoms with E-state index in [1.54, 1.807) is 6.92 Å². The van der Waals surface area contributed by atoms with Gasteiger partial charge in [0, 0.05) is 11.5 Å². The number of hydrogen-bond donors (Lipinski definition) is 1. The molecule has 2 aromatic rings. The van der Waals surface area contributed by atoms with E-state index in [1.807, 2.05) is 4.89 Å². The zero-order chi connectivity index (χ0) is 13.2. The first-order valence-electron chi connectivity index (χ1n) is 5.20. The van der Waals surface area contributed by atoms with Crippen molar-refractivity contribution < 1.29 is 17.7 Å². The Hall–Kier alpha value is -1.70. The highest BCUT2D eigenvalue weighted by atomic mass is 32.2. The number of rotatable bonds is 4. The van der Waals surface area contributed by atoms with Crippen molar-refractivity contribution in [1.82, 2.24) is 4.89 Å². The Morgan fingerprint density at radius 3 is 2.78 bits per heavy atom. The molecule has 2 rings (SSSR count). The first-order valence-corrected chi connectivity index (χ1v) is 6.69. The van der Waals surface area contributed by atoms with Crippen molar-refractivity contribution in [1.29, 1.82) is 0 Å². The Kier molecular flexibility index (Phi) is 3.46. The van der Waals surface area contributed by atoms with Crippen LogP contribution in [0.25, 0.3) is 11.0 Å². The van der Waals surface area contributed by atoms with E-state index in [-0.39, 0.29) is 11.5 Å². The van der Waals surface area contributed by atoms with Crippen molar-refractivity contribution in [2.75, 3.05) is 6.61 Å². The third kappa shape index (κ3) is 2.58. The molecule has 96 valence electrons. The van der Waals surface area contributed by atoms with Crippen molar-refractivity contribution in [2.24, 2.45) is 0 Å². The third-order valence-corrected chi connectivity index (χ3v) is 3.43. The van der Waals surface area contributed by atoms with Gasteiger partial charge in [0.1, 0.15) is 5.58 Å². The summed E-state index contributed by atoms with van der Waals surface area (Å²) in [6, 6.07) is 6.90. The van der Waals surface area contributed by atoms with Crippen molar-refractivity contribution >= 4 is 21.0 Å². The molecule has 6 nitrogen and oxygen atoms in total. The van der Waals surface area contributed by atoms with E-state index in [0.717, 1.165) is 0 Å². The zero-order valence-electron chi connectivity index (χ0n) is 9.54. The molecule has 0 unspecified atom stereocenters. The number of fused-ring (bicyclic) bond motifs is 1. The van der Waals surface area contributed by atoms with Crippen LogP contribution in [0.5, 0.6) is 0 Å². The Balaban J connectivity index is 2.47. The lowest BCUT2D eigenvalue weighted by atomic mass is 10.2. The fourth-order valence-corrected chi connectivity index (χ4v) is 2.30. The first-order chi connectivity index (χ1) is 8.53. The summed E-state index contributed by atoms with van der Waals surface area (Å²) in [4.78, 5) is 17.7. The standard InChI is InChI=1S/C11H11NO5S/c1-2-16-12-18(14,15)9-4-5-10-8(7-9)3-6-11(13)17-10/h3-7,12H,2H2,1H3. The predicted octanol–water partition coefficient (Wildman–Crippen LogP) is 1.02. The van der Waals surface area contributed by atoms with E-state index in [9.17, 15) is 13.2 Å². The second-order valence-electron chi connectivity index (χ2n) is 3.47. The van der Waals surface area contributed by atoms with Gasteiger partial charge in [0.2, 0.25) is 0 Å². The van der Waals surface area contributed by atoms with Crippen molar-refractivity contribution in [3.05, 3.63) is 40.8 Å². The molecule has 18 heavy (non-hydrogen) atoms. The van der Waals surface area contributed by atoms with E-state index in [1.165, 1.54) is 30.3 Å². The molecule has 0 aliphatic rings. The second kappa shape index (κ2) is 4.89. The summed E-state index contributed by atoms with van der Waals surface area (Å²) in [6.07, 6.45) is 0. The van der Waals surface area contributed by atoms with Crippen LogP contribution in [0.2, 0.25) is 0 Å². The number of benzene rings is 1. The van der Waals surface area contributed by atoms with E-state index < -0.39 is 15.6 Å². The van der Waals surface area contributed by atoms with Crippen LogP contribution in [-0.2, 0) is 14.9 Å². The van der Waals surface area contributed by atoms with E-state index in [4.69, 9.17) is 4.42 Å². The summed E-state index contributed by atoms with van der Waals surface area (Å²) in [5, 5.41) is 0.522. The van der Waals surface area contributed by atoms with Crippen LogP contribution >= 0.6 is 0 Å². The summed E-state index contributed by atoms with van der Waals surface area (Å²) in [6.45, 7) is 1.89. The number of sulfonamides is 1. The van der Waals surface area contributed by atoms with E-state index in [0.29, 0.717) is 11.0 Å². The molecule has 0 radical (unpaired) electrons. The maximum Gasteiger partial charge on any atom is 0.336 e. The molecule has 0 saturated heterocycles. The van der Waals surface area contributed by atoms with Crippen molar-refractivity contribution in [2.45, 2.75) is 11.8 Å². The molecular formula is C11H11NO5S. The summed E-state index contributed by atoms with van der Waals surface area (Å²) in [7, 11) is -3.72. The fraction of sp³-hybridized carbons (Fsp3) is 0.182. The van der Waals surface area contributed by atoms with Crippen molar-refractivity contribution in [3.8, 4) is 0 Å². The van der Waals surface area contributed by atoms with Gasteiger partial charge in [0.25, 0.3) is 10.0 Å². The van der Waals surface area contributed by atoms with Crippen LogP contribution < -0.4 is 10.5 Å². The van der Waals surface area contributed by atoms with Crippen LogP contribution in [0.15, 0.2) is 44.4 Å². The molecule has 0 fully saturated rings. The lowest BCUT2D eigenvalue weighted by Crippen LogP contribution is -2.23. The topological polar surface area (TPSA) is 85.6 Å². The molecule has 1 N–H and O–H groups in total. The zero-order valence-corrected chi connectivity index (χ0v) is 10.4. The fourth-order valence-electron chi connectivity index (χ4n) is 1.40. The largest absolute Gasteiger partial charge is 0.423 e. The van der Waals surface area contributed by atoms with Gasteiger partial charge in [0.05, 0.1) is 11.5 Å². The van der Waals surface area contributed by atoms with Crippen LogP contribution in [0.4, 0.5) is 0 Å². The van der Waals surface area contributed by atoms with Crippen molar-refractivity contribution in [3.63, 3.8) is 0 Å². The van der Waals surface area contributed by atoms with Crippen LogP contribution in [0.1, 0.15) is 6.92 Å². The average molecular weight is 269 g/mol. The smallest absolute Gasteiger partial charge is 0.336 e. The highest BCUT2D eigenvalue weighted by molar-refractivity contribution is 7.89. The maximum absolute atomic E-state index is 11.8. The Morgan fingerprint density at radius 1 is 1.28 bits per heavy atom. The summed E-state index contributed by atoms with van der Waals surface area (Å²) in [5.41, 5.74) is -0.150. The second-order valence-corrected chi connectivity index (χ2v) is 5.12. The average Bonchev–Trinajstić information content (AvgIpc) is 2.35. The van der Waals surface area contributed by atoms with E-state index in [2.05, 4.69) is 4.84 Å².